The summed E-state index contributed by atoms with van der Waals surface area (Å²) in [4.78, 5) is 25.5. The monoisotopic (exact) mass is 592 g/mol. The van der Waals surface area contributed by atoms with Gasteiger partial charge >= 0.3 is 12.1 Å². The zero-order valence-electron chi connectivity index (χ0n) is 25.4. The normalized spacial score (nSPS) is 13.8. The van der Waals surface area contributed by atoms with Crippen LogP contribution in [-0.2, 0) is 18.7 Å². The van der Waals surface area contributed by atoms with Gasteiger partial charge < -0.3 is 19.0 Å². The van der Waals surface area contributed by atoms with Gasteiger partial charge in [0.25, 0.3) is 0 Å². The second kappa shape index (κ2) is 13.4. The van der Waals surface area contributed by atoms with Crippen molar-refractivity contribution in [3.05, 3.63) is 64.7 Å². The first kappa shape index (κ1) is 33.6. The van der Waals surface area contributed by atoms with Crippen LogP contribution in [0.5, 0.6) is 0 Å². The predicted octanol–water partition coefficient (Wildman–Crippen LogP) is 7.29. The van der Waals surface area contributed by atoms with E-state index in [4.69, 9.17) is 20.8 Å². The summed E-state index contributed by atoms with van der Waals surface area (Å²) >= 11 is 6.38. The molecule has 0 heterocycles. The van der Waals surface area contributed by atoms with Crippen molar-refractivity contribution in [2.45, 2.75) is 84.4 Å². The van der Waals surface area contributed by atoms with Crippen LogP contribution in [0.2, 0.25) is 23.2 Å². The van der Waals surface area contributed by atoms with Gasteiger partial charge in [0.15, 0.2) is 14.4 Å². The molecule has 1 unspecified atom stereocenters. The number of hydrazine groups is 1. The molecule has 222 valence electrons. The molecule has 1 amide bonds. The van der Waals surface area contributed by atoms with Gasteiger partial charge in [-0.2, -0.15) is 0 Å². The molecule has 0 radical (unpaired) electrons. The largest absolute Gasteiger partial charge is 0.467 e. The van der Waals surface area contributed by atoms with Crippen LogP contribution in [0.4, 0.5) is 10.5 Å². The van der Waals surface area contributed by atoms with E-state index in [-0.39, 0.29) is 11.6 Å². The van der Waals surface area contributed by atoms with E-state index in [1.165, 1.54) is 7.11 Å². The SMILES string of the molecule is CCN(c1ccc(C(O)C(=O)OC)cc1)N(C[C@H](O[Si](C)(C)C(C)(C)C)c1cccc(Cl)c1)C(=O)OC(C)(C)C. The Bertz CT molecular complexity index is 1140. The Labute approximate surface area is 245 Å². The first-order valence-electron chi connectivity index (χ1n) is 13.5. The van der Waals surface area contributed by atoms with E-state index in [1.807, 2.05) is 52.0 Å². The first-order valence-corrected chi connectivity index (χ1v) is 16.8. The number of anilines is 1. The van der Waals surface area contributed by atoms with E-state index < -0.39 is 38.2 Å². The van der Waals surface area contributed by atoms with Crippen LogP contribution in [0.1, 0.15) is 71.8 Å². The number of rotatable bonds is 10. The number of aliphatic hydroxyl groups is 1. The number of aliphatic hydroxyl groups excluding tert-OH is 1. The van der Waals surface area contributed by atoms with Gasteiger partial charge in [0.2, 0.25) is 0 Å². The summed E-state index contributed by atoms with van der Waals surface area (Å²) in [5.41, 5.74) is 1.19. The number of hydrogen-bond acceptors (Lipinski definition) is 7. The van der Waals surface area contributed by atoms with E-state index in [9.17, 15) is 14.7 Å². The minimum absolute atomic E-state index is 0.0681. The number of benzene rings is 2. The van der Waals surface area contributed by atoms with E-state index in [2.05, 4.69) is 38.6 Å². The topological polar surface area (TPSA) is 88.5 Å². The van der Waals surface area contributed by atoms with Gasteiger partial charge in [0, 0.05) is 11.6 Å². The van der Waals surface area contributed by atoms with Crippen molar-refractivity contribution in [2.24, 2.45) is 0 Å². The molecule has 0 saturated carbocycles. The summed E-state index contributed by atoms with van der Waals surface area (Å²) < 4.78 is 17.4. The molecule has 1 N–H and O–H groups in total. The van der Waals surface area contributed by atoms with Crippen molar-refractivity contribution in [3.8, 4) is 0 Å². The van der Waals surface area contributed by atoms with Gasteiger partial charge in [-0.3, -0.25) is 5.01 Å². The summed E-state index contributed by atoms with van der Waals surface area (Å²) in [5.74, 6) is -0.748. The summed E-state index contributed by atoms with van der Waals surface area (Å²) in [5, 5.41) is 14.1. The van der Waals surface area contributed by atoms with Crippen LogP contribution >= 0.6 is 11.6 Å². The molecule has 10 heteroatoms. The quantitative estimate of drug-likeness (QED) is 0.176. The van der Waals surface area contributed by atoms with Crippen molar-refractivity contribution in [2.75, 3.05) is 25.2 Å². The van der Waals surface area contributed by atoms with Gasteiger partial charge in [-0.25, -0.2) is 14.6 Å². The Morgan fingerprint density at radius 2 is 1.60 bits per heavy atom. The summed E-state index contributed by atoms with van der Waals surface area (Å²) in [7, 11) is -1.07. The molecule has 40 heavy (non-hydrogen) atoms. The maximum atomic E-state index is 13.7. The van der Waals surface area contributed by atoms with Gasteiger partial charge in [-0.1, -0.05) is 56.6 Å². The first-order chi connectivity index (χ1) is 18.4. The highest BCUT2D eigenvalue weighted by Crippen LogP contribution is 2.40. The maximum absolute atomic E-state index is 13.7. The molecule has 0 aliphatic carbocycles. The molecule has 0 bridgehead atoms. The third kappa shape index (κ3) is 8.96. The van der Waals surface area contributed by atoms with Gasteiger partial charge in [-0.15, -0.1) is 0 Å². The highest BCUT2D eigenvalue weighted by atomic mass is 35.5. The molecular formula is C30H45ClN2O6Si. The number of amides is 1. The second-order valence-corrected chi connectivity index (χ2v) is 17.4. The summed E-state index contributed by atoms with van der Waals surface area (Å²) in [6, 6.07) is 14.3. The average Bonchev–Trinajstić information content (AvgIpc) is 2.85. The molecule has 0 aromatic heterocycles. The molecule has 0 fully saturated rings. The van der Waals surface area contributed by atoms with Crippen molar-refractivity contribution in [1.82, 2.24) is 5.01 Å². The lowest BCUT2D eigenvalue weighted by Gasteiger charge is -2.43. The number of halogens is 1. The summed E-state index contributed by atoms with van der Waals surface area (Å²) in [6.45, 7) is 18.8. The minimum Gasteiger partial charge on any atom is -0.467 e. The smallest absolute Gasteiger partial charge is 0.429 e. The van der Waals surface area contributed by atoms with Crippen LogP contribution in [-0.4, -0.2) is 56.3 Å². The third-order valence-corrected chi connectivity index (χ3v) is 11.7. The van der Waals surface area contributed by atoms with Crippen molar-refractivity contribution in [3.63, 3.8) is 0 Å². The fraction of sp³-hybridized carbons (Fsp3) is 0.533. The molecule has 2 rings (SSSR count). The number of esters is 1. The lowest BCUT2D eigenvalue weighted by molar-refractivity contribution is -0.150. The van der Waals surface area contributed by atoms with E-state index >= 15 is 0 Å². The Hall–Kier alpha value is -2.59. The molecule has 2 atom stereocenters. The van der Waals surface area contributed by atoms with Crippen LogP contribution in [0.3, 0.4) is 0 Å². The number of nitrogens with zero attached hydrogens (tertiary/aromatic N) is 2. The van der Waals surface area contributed by atoms with Crippen molar-refractivity contribution < 1.29 is 28.6 Å². The van der Waals surface area contributed by atoms with Crippen molar-refractivity contribution in [1.29, 1.82) is 0 Å². The van der Waals surface area contributed by atoms with Crippen molar-refractivity contribution >= 4 is 37.7 Å². The van der Waals surface area contributed by atoms with Gasteiger partial charge in [0.1, 0.15) is 5.60 Å². The Kier molecular flexibility index (Phi) is 11.2. The van der Waals surface area contributed by atoms with Gasteiger partial charge in [-0.05, 0) is 81.2 Å². The molecule has 0 spiro atoms. The van der Waals surface area contributed by atoms with E-state index in [0.717, 1.165) is 5.56 Å². The van der Waals surface area contributed by atoms with Crippen LogP contribution in [0, 0.1) is 0 Å². The minimum atomic E-state index is -2.29. The molecular weight excluding hydrogens is 548 g/mol. The van der Waals surface area contributed by atoms with Crippen LogP contribution < -0.4 is 5.01 Å². The van der Waals surface area contributed by atoms with Crippen LogP contribution in [0.15, 0.2) is 48.5 Å². The van der Waals surface area contributed by atoms with Crippen LogP contribution in [0.25, 0.3) is 0 Å². The molecule has 2 aromatic rings. The maximum Gasteiger partial charge on any atom is 0.429 e. The number of carbonyl (C=O) groups excluding carboxylic acids is 2. The average molecular weight is 593 g/mol. The lowest BCUT2D eigenvalue weighted by Crippen LogP contribution is -2.52. The highest BCUT2D eigenvalue weighted by molar-refractivity contribution is 6.74. The molecule has 0 saturated heterocycles. The second-order valence-electron chi connectivity index (χ2n) is 12.2. The number of methoxy groups -OCH3 is 1. The Morgan fingerprint density at radius 3 is 2.08 bits per heavy atom. The predicted molar refractivity (Wildman–Crippen MR) is 162 cm³/mol. The number of carbonyl (C=O) groups is 2. The lowest BCUT2D eigenvalue weighted by atomic mass is 10.1. The number of ether oxygens (including phenoxy) is 2. The standard InChI is InChI=1S/C30H45ClN2O6Si/c1-11-32(24-17-15-21(16-18-24)26(34)27(35)37-8)33(28(36)38-29(2,3)4)20-25(22-13-12-14-23(31)19-22)39-40(9,10)30(5,6)7/h12-19,25-26,34H,11,20H2,1-10H3/t25-,26?/m0/s1. The van der Waals surface area contributed by atoms with E-state index in [1.54, 1.807) is 34.3 Å². The zero-order chi connectivity index (χ0) is 30.5. The Balaban J connectivity index is 2.58. The summed E-state index contributed by atoms with van der Waals surface area (Å²) in [6.07, 6.45) is -2.42. The fourth-order valence-electron chi connectivity index (χ4n) is 3.76. The zero-order valence-corrected chi connectivity index (χ0v) is 27.2. The number of hydrogen-bond donors (Lipinski definition) is 1. The highest BCUT2D eigenvalue weighted by Gasteiger charge is 2.41. The molecule has 0 aliphatic heterocycles. The Morgan fingerprint density at radius 1 is 1.00 bits per heavy atom. The molecule has 2 aromatic carbocycles. The van der Waals surface area contributed by atoms with Gasteiger partial charge in [0.05, 0.1) is 25.4 Å². The third-order valence-electron chi connectivity index (χ3n) is 6.93. The van der Waals surface area contributed by atoms with E-state index in [0.29, 0.717) is 22.8 Å². The molecule has 8 nitrogen and oxygen atoms in total. The molecule has 0 aliphatic rings. The fourth-order valence-corrected chi connectivity index (χ4v) is 5.24.